The summed E-state index contributed by atoms with van der Waals surface area (Å²) in [4.78, 5) is 0. The van der Waals surface area contributed by atoms with E-state index in [-0.39, 0.29) is 0 Å². The van der Waals surface area contributed by atoms with Gasteiger partial charge < -0.3 is 0 Å². The molecule has 0 N–H and O–H groups in total. The molecule has 0 atom stereocenters. The third-order valence-electron chi connectivity index (χ3n) is 2.90. The highest BCUT2D eigenvalue weighted by Gasteiger charge is 2.11. The smallest absolute Gasteiger partial charge is 0.0652 e. The van der Waals surface area contributed by atoms with E-state index in [1.807, 2.05) is 41.4 Å². The molecule has 0 radical (unpaired) electrons. The molecule has 0 aliphatic rings. The van der Waals surface area contributed by atoms with Crippen molar-refractivity contribution >= 4 is 25.7 Å². The Hall–Kier alpha value is -1.87. The zero-order valence-corrected chi connectivity index (χ0v) is 13.5. The second-order valence-corrected chi connectivity index (χ2v) is 11.6. The van der Waals surface area contributed by atoms with Crippen LogP contribution in [0.15, 0.2) is 65.8 Å². The zero-order valence-electron chi connectivity index (χ0n) is 12.5. The molecule has 0 spiro atoms. The average molecular weight is 282 g/mol. The minimum Gasteiger partial charge on any atom is -0.234 e. The molecule has 0 aliphatic heterocycles. The fourth-order valence-electron chi connectivity index (χ4n) is 1.82. The lowest BCUT2D eigenvalue weighted by Crippen LogP contribution is -2.20. The molecule has 2 nitrogen and oxygen atoms in total. The van der Waals surface area contributed by atoms with Crippen LogP contribution in [0.1, 0.15) is 0 Å². The largest absolute Gasteiger partial charge is 0.234 e. The fraction of sp³-hybridized carbons (Fsp3) is 0.235. The molecule has 0 saturated carbocycles. The number of anilines is 2. The van der Waals surface area contributed by atoms with Crippen LogP contribution in [0.2, 0.25) is 25.7 Å². The maximum absolute atomic E-state index is 4.69. The van der Waals surface area contributed by atoms with Gasteiger partial charge in [0.15, 0.2) is 0 Å². The topological polar surface area (TPSA) is 15.6 Å². The molecule has 0 aliphatic carbocycles. The molecule has 3 heteroatoms. The van der Waals surface area contributed by atoms with Crippen molar-refractivity contribution in [2.24, 2.45) is 5.10 Å². The van der Waals surface area contributed by atoms with Crippen molar-refractivity contribution in [2.75, 3.05) is 5.01 Å². The van der Waals surface area contributed by atoms with Gasteiger partial charge in [0.25, 0.3) is 0 Å². The van der Waals surface area contributed by atoms with E-state index in [1.165, 1.54) is 0 Å². The number of benzene rings is 2. The molecular weight excluding hydrogens is 260 g/mol. The first-order valence-electron chi connectivity index (χ1n) is 6.99. The number of hydrazone groups is 1. The molecule has 0 unspecified atom stereocenters. The molecule has 0 saturated heterocycles. The molecule has 0 heterocycles. The van der Waals surface area contributed by atoms with E-state index in [0.29, 0.717) is 0 Å². The molecule has 20 heavy (non-hydrogen) atoms. The van der Waals surface area contributed by atoms with Gasteiger partial charge in [0.05, 0.1) is 11.4 Å². The molecular formula is C17H22N2Si. The summed E-state index contributed by atoms with van der Waals surface area (Å²) in [7, 11) is -1.10. The van der Waals surface area contributed by atoms with Crippen LogP contribution in [0.3, 0.4) is 0 Å². The predicted octanol–water partition coefficient (Wildman–Crippen LogP) is 5.15. The van der Waals surface area contributed by atoms with E-state index in [4.69, 9.17) is 5.10 Å². The van der Waals surface area contributed by atoms with E-state index in [0.717, 1.165) is 17.4 Å². The second-order valence-electron chi connectivity index (χ2n) is 6.05. The predicted molar refractivity (Wildman–Crippen MR) is 91.7 cm³/mol. The van der Waals surface area contributed by atoms with E-state index in [2.05, 4.69) is 50.1 Å². The van der Waals surface area contributed by atoms with Gasteiger partial charge in [-0.05, 0) is 30.3 Å². The molecule has 104 valence electrons. The highest BCUT2D eigenvalue weighted by molar-refractivity contribution is 6.78. The first-order valence-corrected chi connectivity index (χ1v) is 10.7. The van der Waals surface area contributed by atoms with Crippen LogP contribution in [0.4, 0.5) is 11.4 Å². The van der Waals surface area contributed by atoms with Crippen LogP contribution >= 0.6 is 0 Å². The Morgan fingerprint density at radius 3 is 1.70 bits per heavy atom. The lowest BCUT2D eigenvalue weighted by molar-refractivity contribution is 1.09. The van der Waals surface area contributed by atoms with Crippen molar-refractivity contribution in [1.29, 1.82) is 0 Å². The van der Waals surface area contributed by atoms with E-state index < -0.39 is 8.07 Å². The number of hydrogen-bond acceptors (Lipinski definition) is 2. The summed E-state index contributed by atoms with van der Waals surface area (Å²) in [5.41, 5.74) is 2.18. The van der Waals surface area contributed by atoms with Gasteiger partial charge in [0.2, 0.25) is 0 Å². The summed E-state index contributed by atoms with van der Waals surface area (Å²) in [5.74, 6) is 0. The summed E-state index contributed by atoms with van der Waals surface area (Å²) in [6.45, 7) is 7.07. The summed E-state index contributed by atoms with van der Waals surface area (Å²) in [6.07, 6.45) is 2.06. The van der Waals surface area contributed by atoms with Crippen molar-refractivity contribution in [3.05, 3.63) is 60.7 Å². The number of hydrogen-bond donors (Lipinski definition) is 0. The Morgan fingerprint density at radius 2 is 1.30 bits per heavy atom. The molecule has 0 fully saturated rings. The normalized spacial score (nSPS) is 11.8. The van der Waals surface area contributed by atoms with Gasteiger partial charge in [-0.2, -0.15) is 5.10 Å². The quantitative estimate of drug-likeness (QED) is 0.421. The Labute approximate surface area is 122 Å². The van der Waals surface area contributed by atoms with Gasteiger partial charge in [-0.1, -0.05) is 56.0 Å². The average Bonchev–Trinajstić information content (AvgIpc) is 2.44. The molecule has 2 rings (SSSR count). The third kappa shape index (κ3) is 4.35. The highest BCUT2D eigenvalue weighted by Crippen LogP contribution is 2.25. The summed E-state index contributed by atoms with van der Waals surface area (Å²) in [5, 5.41) is 6.69. The lowest BCUT2D eigenvalue weighted by atomic mass is 10.2. The minimum absolute atomic E-state index is 1.09. The molecule has 2 aromatic carbocycles. The fourth-order valence-corrected chi connectivity index (χ4v) is 2.45. The van der Waals surface area contributed by atoms with Crippen molar-refractivity contribution < 1.29 is 0 Å². The van der Waals surface area contributed by atoms with Gasteiger partial charge in [0, 0.05) is 14.3 Å². The van der Waals surface area contributed by atoms with E-state index in [1.54, 1.807) is 0 Å². The van der Waals surface area contributed by atoms with E-state index in [9.17, 15) is 0 Å². The summed E-state index contributed by atoms with van der Waals surface area (Å²) < 4.78 is 0. The van der Waals surface area contributed by atoms with Crippen LogP contribution in [0.5, 0.6) is 0 Å². The lowest BCUT2D eigenvalue weighted by Gasteiger charge is -2.20. The monoisotopic (exact) mass is 282 g/mol. The van der Waals surface area contributed by atoms with Crippen molar-refractivity contribution in [1.82, 2.24) is 0 Å². The molecule has 0 bridgehead atoms. The Bertz CT molecular complexity index is 505. The Balaban J connectivity index is 2.26. The first-order chi connectivity index (χ1) is 9.56. The first kappa shape index (κ1) is 14.5. The van der Waals surface area contributed by atoms with Gasteiger partial charge in [-0.25, -0.2) is 5.01 Å². The van der Waals surface area contributed by atoms with Crippen molar-refractivity contribution in [3.8, 4) is 0 Å². The van der Waals surface area contributed by atoms with Crippen LogP contribution in [0, 0.1) is 0 Å². The third-order valence-corrected chi connectivity index (χ3v) is 4.31. The van der Waals surface area contributed by atoms with Gasteiger partial charge in [-0.15, -0.1) is 0 Å². The second kappa shape index (κ2) is 6.53. The number of para-hydroxylation sites is 2. The SMILES string of the molecule is C[Si](C)(C)C/C=N/N(c1ccccc1)c1ccccc1. The maximum atomic E-state index is 4.69. The summed E-state index contributed by atoms with van der Waals surface area (Å²) in [6, 6.07) is 21.6. The Morgan fingerprint density at radius 1 is 0.850 bits per heavy atom. The van der Waals surface area contributed by atoms with Gasteiger partial charge in [0.1, 0.15) is 0 Å². The molecule has 0 amide bonds. The summed E-state index contributed by atoms with van der Waals surface area (Å²) >= 11 is 0. The maximum Gasteiger partial charge on any atom is 0.0652 e. The van der Waals surface area contributed by atoms with Gasteiger partial charge >= 0.3 is 0 Å². The molecule has 2 aromatic rings. The highest BCUT2D eigenvalue weighted by atomic mass is 28.3. The minimum atomic E-state index is -1.10. The van der Waals surface area contributed by atoms with Crippen LogP contribution in [-0.2, 0) is 0 Å². The van der Waals surface area contributed by atoms with E-state index >= 15 is 0 Å². The van der Waals surface area contributed by atoms with Crippen molar-refractivity contribution in [2.45, 2.75) is 25.7 Å². The van der Waals surface area contributed by atoms with Crippen LogP contribution in [-0.4, -0.2) is 14.3 Å². The number of rotatable bonds is 5. The van der Waals surface area contributed by atoms with Crippen LogP contribution in [0.25, 0.3) is 0 Å². The Kier molecular flexibility index (Phi) is 4.74. The zero-order chi connectivity index (χ0) is 14.4. The number of nitrogens with zero attached hydrogens (tertiary/aromatic N) is 2. The molecule has 0 aromatic heterocycles. The van der Waals surface area contributed by atoms with Crippen LogP contribution < -0.4 is 5.01 Å². The van der Waals surface area contributed by atoms with Crippen molar-refractivity contribution in [3.63, 3.8) is 0 Å². The standard InChI is InChI=1S/C17H22N2Si/c1-20(2,3)15-14-18-19(16-10-6-4-7-11-16)17-12-8-5-9-13-17/h4-14H,15H2,1-3H3/b18-14+. The van der Waals surface area contributed by atoms with Gasteiger partial charge in [-0.3, -0.25) is 0 Å².